The van der Waals surface area contributed by atoms with E-state index in [0.717, 1.165) is 18.3 Å². The Morgan fingerprint density at radius 3 is 2.33 bits per heavy atom. The van der Waals surface area contributed by atoms with Crippen LogP contribution in [0.4, 0.5) is 17.6 Å². The zero-order valence-corrected chi connectivity index (χ0v) is 29.2. The van der Waals surface area contributed by atoms with Gasteiger partial charge in [0.25, 0.3) is 16.1 Å². The maximum atomic E-state index is 16.1. The summed E-state index contributed by atoms with van der Waals surface area (Å²) in [6, 6.07) is 13.5. The van der Waals surface area contributed by atoms with E-state index in [0.29, 0.717) is 24.7 Å². The van der Waals surface area contributed by atoms with E-state index in [1.807, 2.05) is 0 Å². The monoisotopic (exact) mass is 727 g/mol. The van der Waals surface area contributed by atoms with Gasteiger partial charge in [0.15, 0.2) is 0 Å². The molecule has 4 aromatic rings. The summed E-state index contributed by atoms with van der Waals surface area (Å²) >= 11 is 0. The Morgan fingerprint density at radius 1 is 0.980 bits per heavy atom. The fourth-order valence-electron chi connectivity index (χ4n) is 6.94. The van der Waals surface area contributed by atoms with Crippen molar-refractivity contribution in [2.24, 2.45) is 0 Å². The molecule has 1 amide bonds. The van der Waals surface area contributed by atoms with Crippen LogP contribution in [0.25, 0.3) is 0 Å². The maximum Gasteiger partial charge on any atom is 0.282 e. The Balaban J connectivity index is 1.62. The van der Waals surface area contributed by atoms with E-state index in [1.165, 1.54) is 51.2 Å². The third-order valence-electron chi connectivity index (χ3n) is 9.44. The molecule has 1 fully saturated rings. The highest BCUT2D eigenvalue weighted by molar-refractivity contribution is 7.86. The second-order valence-corrected chi connectivity index (χ2v) is 14.2. The van der Waals surface area contributed by atoms with Crippen LogP contribution in [0.2, 0.25) is 0 Å². The Kier molecular flexibility index (Phi) is 12.1. The van der Waals surface area contributed by atoms with Crippen LogP contribution < -0.4 is 10.6 Å². The van der Waals surface area contributed by atoms with E-state index < -0.39 is 50.8 Å². The summed E-state index contributed by atoms with van der Waals surface area (Å²) in [4.78, 5) is 17.3. The molecular weight excluding hydrogens is 686 g/mol. The van der Waals surface area contributed by atoms with Crippen molar-refractivity contribution < 1.29 is 35.9 Å². The minimum atomic E-state index is -3.83. The second kappa shape index (κ2) is 16.3. The Bertz CT molecular complexity index is 1930. The number of aromatic hydroxyl groups is 1. The van der Waals surface area contributed by atoms with Crippen molar-refractivity contribution in [2.75, 3.05) is 39.3 Å². The SMILES string of the molecule is CCN(CC)S(=O)(=O)N1CCNC[C@@H]1CCc1c(F)cncc1[C@@](CCNC(=O)c1ccccc1O)(c1ccc(F)cc1)c1cc(F)cc(F)c1. The van der Waals surface area contributed by atoms with Gasteiger partial charge >= 0.3 is 0 Å². The molecule has 3 aromatic carbocycles. The third-order valence-corrected chi connectivity index (χ3v) is 11.7. The number of pyridine rings is 1. The molecule has 1 aliphatic heterocycles. The van der Waals surface area contributed by atoms with Gasteiger partial charge in [0, 0.05) is 63.0 Å². The molecule has 0 radical (unpaired) electrons. The summed E-state index contributed by atoms with van der Waals surface area (Å²) in [5.41, 5.74) is -0.883. The van der Waals surface area contributed by atoms with E-state index in [1.54, 1.807) is 26.0 Å². The second-order valence-electron chi connectivity index (χ2n) is 12.3. The summed E-state index contributed by atoms with van der Waals surface area (Å²) in [6.45, 7) is 4.91. The summed E-state index contributed by atoms with van der Waals surface area (Å²) < 4.78 is 90.6. The number of hydrogen-bond donors (Lipinski definition) is 3. The third kappa shape index (κ3) is 8.09. The van der Waals surface area contributed by atoms with Gasteiger partial charge < -0.3 is 15.7 Å². The van der Waals surface area contributed by atoms with Crippen molar-refractivity contribution in [3.8, 4) is 5.75 Å². The standard InChI is InChI=1S/C37H41F4N5O4S/c1-3-45(4-2)51(49,50)46-18-17-42-22-30(46)13-14-31-33(23-43-24-34(31)41)37(25-9-11-27(38)12-10-25,26-19-28(39)21-29(40)20-26)15-16-44-36(48)32-7-5-6-8-35(32)47/h5-12,19-21,23-24,30,42,47H,3-4,13-18,22H2,1-2H3,(H,44,48)/t30-,37-/m0/s1. The first-order valence-electron chi connectivity index (χ1n) is 16.8. The number of rotatable bonds is 14. The fraction of sp³-hybridized carbons (Fsp3) is 0.351. The number of halogens is 4. The molecule has 1 aliphatic rings. The van der Waals surface area contributed by atoms with Crippen LogP contribution in [0, 0.1) is 23.3 Å². The van der Waals surface area contributed by atoms with Gasteiger partial charge in [0.05, 0.1) is 11.8 Å². The van der Waals surface area contributed by atoms with Gasteiger partial charge in [-0.2, -0.15) is 17.0 Å². The Hall–Kier alpha value is -4.37. The smallest absolute Gasteiger partial charge is 0.282 e. The van der Waals surface area contributed by atoms with E-state index in [-0.39, 0.29) is 73.4 Å². The lowest BCUT2D eigenvalue weighted by molar-refractivity contribution is 0.0949. The molecule has 272 valence electrons. The lowest BCUT2D eigenvalue weighted by atomic mass is 9.66. The number of para-hydroxylation sites is 1. The summed E-state index contributed by atoms with van der Waals surface area (Å²) in [5.74, 6) is -4.00. The van der Waals surface area contributed by atoms with Crippen molar-refractivity contribution in [1.82, 2.24) is 24.2 Å². The van der Waals surface area contributed by atoms with Gasteiger partial charge in [0.2, 0.25) is 0 Å². The predicted octanol–water partition coefficient (Wildman–Crippen LogP) is 5.29. The lowest BCUT2D eigenvalue weighted by Gasteiger charge is -2.39. The van der Waals surface area contributed by atoms with Gasteiger partial charge in [-0.05, 0) is 77.9 Å². The molecule has 14 heteroatoms. The molecule has 0 saturated carbocycles. The van der Waals surface area contributed by atoms with Crippen LogP contribution in [0.3, 0.4) is 0 Å². The first-order valence-corrected chi connectivity index (χ1v) is 18.2. The van der Waals surface area contributed by atoms with E-state index in [4.69, 9.17) is 0 Å². The molecule has 5 rings (SSSR count). The van der Waals surface area contributed by atoms with Gasteiger partial charge in [-0.3, -0.25) is 9.78 Å². The summed E-state index contributed by atoms with van der Waals surface area (Å²) in [5, 5.41) is 16.2. The number of piperazine rings is 1. The van der Waals surface area contributed by atoms with Crippen molar-refractivity contribution in [1.29, 1.82) is 0 Å². The number of carbonyl (C=O) groups is 1. The molecule has 51 heavy (non-hydrogen) atoms. The lowest BCUT2D eigenvalue weighted by Crippen LogP contribution is -2.57. The summed E-state index contributed by atoms with van der Waals surface area (Å²) in [7, 11) is -3.83. The Morgan fingerprint density at radius 2 is 1.67 bits per heavy atom. The minimum absolute atomic E-state index is 0.0000954. The van der Waals surface area contributed by atoms with Crippen LogP contribution in [0.5, 0.6) is 5.75 Å². The van der Waals surface area contributed by atoms with Gasteiger partial charge in [0.1, 0.15) is 29.0 Å². The van der Waals surface area contributed by atoms with Crippen LogP contribution in [0.15, 0.2) is 79.1 Å². The van der Waals surface area contributed by atoms with Crippen molar-refractivity contribution in [3.63, 3.8) is 0 Å². The molecule has 0 spiro atoms. The molecule has 0 unspecified atom stereocenters. The number of aromatic nitrogens is 1. The average molecular weight is 728 g/mol. The van der Waals surface area contributed by atoms with Crippen molar-refractivity contribution in [2.45, 2.75) is 44.6 Å². The number of phenolic OH excluding ortho intramolecular Hbond substituents is 1. The normalized spacial score (nSPS) is 16.6. The van der Waals surface area contributed by atoms with Crippen LogP contribution >= 0.6 is 0 Å². The highest BCUT2D eigenvalue weighted by atomic mass is 32.2. The molecule has 1 aromatic heterocycles. The topological polar surface area (TPSA) is 115 Å². The molecular formula is C37H41F4N5O4S. The van der Waals surface area contributed by atoms with Crippen LogP contribution in [-0.2, 0) is 22.0 Å². The summed E-state index contributed by atoms with van der Waals surface area (Å²) in [6.07, 6.45) is 2.49. The first kappa shape index (κ1) is 37.9. The number of hydrogen-bond acceptors (Lipinski definition) is 6. The molecule has 9 nitrogen and oxygen atoms in total. The van der Waals surface area contributed by atoms with Gasteiger partial charge in [-0.25, -0.2) is 17.6 Å². The highest BCUT2D eigenvalue weighted by Crippen LogP contribution is 2.45. The van der Waals surface area contributed by atoms with Crippen LogP contribution in [0.1, 0.15) is 59.3 Å². The number of amides is 1. The first-order chi connectivity index (χ1) is 24.4. The average Bonchev–Trinajstić information content (AvgIpc) is 3.10. The number of phenols is 1. The molecule has 3 N–H and O–H groups in total. The molecule has 0 bridgehead atoms. The van der Waals surface area contributed by atoms with E-state index in [2.05, 4.69) is 15.6 Å². The molecule has 1 saturated heterocycles. The quantitative estimate of drug-likeness (QED) is 0.152. The van der Waals surface area contributed by atoms with E-state index >= 15 is 13.2 Å². The maximum absolute atomic E-state index is 16.1. The Labute approximate surface area is 295 Å². The zero-order chi connectivity index (χ0) is 36.8. The molecule has 2 atom stereocenters. The number of nitrogens with one attached hydrogen (secondary N) is 2. The molecule has 0 aliphatic carbocycles. The molecule has 2 heterocycles. The minimum Gasteiger partial charge on any atom is -0.507 e. The predicted molar refractivity (Wildman–Crippen MR) is 185 cm³/mol. The van der Waals surface area contributed by atoms with E-state index in [9.17, 15) is 22.7 Å². The highest BCUT2D eigenvalue weighted by Gasteiger charge is 2.41. The zero-order valence-electron chi connectivity index (χ0n) is 28.4. The number of nitrogens with zero attached hydrogens (tertiary/aromatic N) is 3. The van der Waals surface area contributed by atoms with Crippen molar-refractivity contribution in [3.05, 3.63) is 130 Å². The fourth-order valence-corrected chi connectivity index (χ4v) is 8.77. The number of benzene rings is 3. The van der Waals surface area contributed by atoms with Gasteiger partial charge in [-0.1, -0.05) is 38.1 Å². The van der Waals surface area contributed by atoms with Crippen LogP contribution in [-0.4, -0.2) is 78.3 Å². The van der Waals surface area contributed by atoms with Crippen molar-refractivity contribution >= 4 is 16.1 Å². The largest absolute Gasteiger partial charge is 0.507 e. The van der Waals surface area contributed by atoms with Gasteiger partial charge in [-0.15, -0.1) is 0 Å². The number of carbonyl (C=O) groups excluding carboxylic acids is 1.